The molecule has 0 aliphatic heterocycles. The standard InChI is InChI=1S/C12H13Cl3N2O/c13-8-3-9(14)12(10(15)4-8)17-11(18)6-16-5-7-1-2-7/h3-4,7,16H,1-2,5-6H2,(H,17,18). The Kier molecular flexibility index (Phi) is 4.73. The Bertz CT molecular complexity index is 438. The molecule has 0 aromatic heterocycles. The van der Waals surface area contributed by atoms with Gasteiger partial charge in [0.25, 0.3) is 0 Å². The summed E-state index contributed by atoms with van der Waals surface area (Å²) in [5.74, 6) is 0.572. The maximum atomic E-state index is 11.7. The van der Waals surface area contributed by atoms with Crippen LogP contribution in [0.25, 0.3) is 0 Å². The van der Waals surface area contributed by atoms with Crippen LogP contribution in [0.1, 0.15) is 12.8 Å². The second-order valence-corrected chi connectivity index (χ2v) is 5.62. The van der Waals surface area contributed by atoms with Crippen molar-refractivity contribution in [1.29, 1.82) is 0 Å². The average Bonchev–Trinajstić information content (AvgIpc) is 3.07. The third kappa shape index (κ3) is 4.02. The van der Waals surface area contributed by atoms with Gasteiger partial charge in [0.1, 0.15) is 0 Å². The van der Waals surface area contributed by atoms with Crippen LogP contribution in [0.5, 0.6) is 0 Å². The van der Waals surface area contributed by atoms with Gasteiger partial charge >= 0.3 is 0 Å². The number of benzene rings is 1. The third-order valence-corrected chi connectivity index (χ3v) is 3.50. The Labute approximate surface area is 121 Å². The van der Waals surface area contributed by atoms with Gasteiger partial charge < -0.3 is 10.6 Å². The Morgan fingerprint density at radius 1 is 1.22 bits per heavy atom. The van der Waals surface area contributed by atoms with Crippen molar-refractivity contribution < 1.29 is 4.79 Å². The largest absolute Gasteiger partial charge is 0.322 e. The van der Waals surface area contributed by atoms with Crippen LogP contribution >= 0.6 is 34.8 Å². The van der Waals surface area contributed by atoms with Gasteiger partial charge in [-0.3, -0.25) is 4.79 Å². The van der Waals surface area contributed by atoms with E-state index in [-0.39, 0.29) is 12.5 Å². The van der Waals surface area contributed by atoms with E-state index < -0.39 is 0 Å². The molecule has 3 nitrogen and oxygen atoms in total. The van der Waals surface area contributed by atoms with E-state index in [0.29, 0.717) is 20.8 Å². The fraction of sp³-hybridized carbons (Fsp3) is 0.417. The minimum atomic E-state index is -0.165. The van der Waals surface area contributed by atoms with Crippen molar-refractivity contribution in [3.05, 3.63) is 27.2 Å². The molecule has 1 fully saturated rings. The fourth-order valence-corrected chi connectivity index (χ4v) is 2.47. The first-order valence-electron chi connectivity index (χ1n) is 5.71. The molecule has 0 atom stereocenters. The fourth-order valence-electron chi connectivity index (χ4n) is 1.56. The third-order valence-electron chi connectivity index (χ3n) is 2.69. The molecule has 1 saturated carbocycles. The van der Waals surface area contributed by atoms with Gasteiger partial charge in [-0.2, -0.15) is 0 Å². The highest BCUT2D eigenvalue weighted by Gasteiger charge is 2.20. The normalized spacial score (nSPS) is 14.6. The van der Waals surface area contributed by atoms with Crippen LogP contribution in [0.3, 0.4) is 0 Å². The summed E-state index contributed by atoms with van der Waals surface area (Å²) in [4.78, 5) is 11.7. The molecule has 6 heteroatoms. The van der Waals surface area contributed by atoms with Gasteiger partial charge in [0.15, 0.2) is 0 Å². The van der Waals surface area contributed by atoms with Crippen molar-refractivity contribution in [2.24, 2.45) is 5.92 Å². The van der Waals surface area contributed by atoms with Crippen LogP contribution in [-0.4, -0.2) is 19.0 Å². The summed E-state index contributed by atoms with van der Waals surface area (Å²) >= 11 is 17.7. The minimum absolute atomic E-state index is 0.165. The lowest BCUT2D eigenvalue weighted by molar-refractivity contribution is -0.115. The Hall–Kier alpha value is -0.480. The van der Waals surface area contributed by atoms with Gasteiger partial charge in [-0.25, -0.2) is 0 Å². The molecule has 0 saturated heterocycles. The number of carbonyl (C=O) groups is 1. The van der Waals surface area contributed by atoms with Crippen molar-refractivity contribution in [3.63, 3.8) is 0 Å². The summed E-state index contributed by atoms with van der Waals surface area (Å²) in [6, 6.07) is 3.09. The molecular formula is C12H13Cl3N2O. The highest BCUT2D eigenvalue weighted by molar-refractivity contribution is 6.42. The number of amides is 1. The molecule has 0 heterocycles. The Morgan fingerprint density at radius 3 is 2.39 bits per heavy atom. The van der Waals surface area contributed by atoms with E-state index in [1.54, 1.807) is 12.1 Å². The maximum Gasteiger partial charge on any atom is 0.238 e. The molecule has 18 heavy (non-hydrogen) atoms. The van der Waals surface area contributed by atoms with Gasteiger partial charge in [-0.05, 0) is 37.4 Å². The van der Waals surface area contributed by atoms with Crippen molar-refractivity contribution >= 4 is 46.4 Å². The van der Waals surface area contributed by atoms with Crippen LogP contribution in [-0.2, 0) is 4.79 Å². The van der Waals surface area contributed by atoms with Crippen LogP contribution in [0.4, 0.5) is 5.69 Å². The lowest BCUT2D eigenvalue weighted by Crippen LogP contribution is -2.29. The van der Waals surface area contributed by atoms with Crippen molar-refractivity contribution in [1.82, 2.24) is 5.32 Å². The summed E-state index contributed by atoms with van der Waals surface area (Å²) < 4.78 is 0. The number of hydrogen-bond donors (Lipinski definition) is 2. The second-order valence-electron chi connectivity index (χ2n) is 4.37. The first kappa shape index (κ1) is 13.9. The molecule has 1 aromatic rings. The number of carbonyl (C=O) groups excluding carboxylic acids is 1. The predicted octanol–water partition coefficient (Wildman–Crippen LogP) is 3.58. The summed E-state index contributed by atoms with van der Waals surface area (Å²) in [7, 11) is 0. The molecule has 1 aromatic carbocycles. The Morgan fingerprint density at radius 2 is 1.83 bits per heavy atom. The predicted molar refractivity (Wildman–Crippen MR) is 75.7 cm³/mol. The van der Waals surface area contributed by atoms with Crippen molar-refractivity contribution in [2.45, 2.75) is 12.8 Å². The SMILES string of the molecule is O=C(CNCC1CC1)Nc1c(Cl)cc(Cl)cc1Cl. The first-order chi connectivity index (χ1) is 8.56. The number of halogens is 3. The van der Waals surface area contributed by atoms with E-state index in [0.717, 1.165) is 12.5 Å². The Balaban J connectivity index is 1.89. The smallest absolute Gasteiger partial charge is 0.238 e. The first-order valence-corrected chi connectivity index (χ1v) is 6.85. The van der Waals surface area contributed by atoms with Crippen LogP contribution in [0.2, 0.25) is 15.1 Å². The minimum Gasteiger partial charge on any atom is -0.322 e. The van der Waals surface area contributed by atoms with Gasteiger partial charge in [0.05, 0.1) is 22.3 Å². The number of anilines is 1. The van der Waals surface area contributed by atoms with E-state index in [1.165, 1.54) is 12.8 Å². The van der Waals surface area contributed by atoms with Gasteiger partial charge in [-0.1, -0.05) is 34.8 Å². The summed E-state index contributed by atoms with van der Waals surface area (Å²) in [5.41, 5.74) is 0.404. The monoisotopic (exact) mass is 306 g/mol. The van der Waals surface area contributed by atoms with Crippen molar-refractivity contribution in [3.8, 4) is 0 Å². The zero-order valence-electron chi connectivity index (χ0n) is 9.60. The van der Waals surface area contributed by atoms with Crippen molar-refractivity contribution in [2.75, 3.05) is 18.4 Å². The maximum absolute atomic E-state index is 11.7. The average molecular weight is 308 g/mol. The molecule has 2 N–H and O–H groups in total. The quantitative estimate of drug-likeness (QED) is 0.873. The van der Waals surface area contributed by atoms with E-state index in [1.807, 2.05) is 0 Å². The van der Waals surface area contributed by atoms with Crippen LogP contribution < -0.4 is 10.6 Å². The van der Waals surface area contributed by atoms with Crippen LogP contribution in [0, 0.1) is 5.92 Å². The van der Waals surface area contributed by atoms with Gasteiger partial charge in [0, 0.05) is 5.02 Å². The van der Waals surface area contributed by atoms with E-state index in [9.17, 15) is 4.79 Å². The molecule has 0 spiro atoms. The van der Waals surface area contributed by atoms with Gasteiger partial charge in [0.2, 0.25) is 5.91 Å². The van der Waals surface area contributed by atoms with Crippen LogP contribution in [0.15, 0.2) is 12.1 Å². The molecule has 98 valence electrons. The van der Waals surface area contributed by atoms with E-state index in [4.69, 9.17) is 34.8 Å². The van der Waals surface area contributed by atoms with E-state index >= 15 is 0 Å². The zero-order chi connectivity index (χ0) is 13.1. The second kappa shape index (κ2) is 6.11. The highest BCUT2D eigenvalue weighted by atomic mass is 35.5. The summed E-state index contributed by atoms with van der Waals surface area (Å²) in [6.45, 7) is 1.14. The molecule has 2 rings (SSSR count). The van der Waals surface area contributed by atoms with Gasteiger partial charge in [-0.15, -0.1) is 0 Å². The molecule has 0 bridgehead atoms. The molecule has 1 amide bonds. The molecule has 0 radical (unpaired) electrons. The molecule has 1 aliphatic carbocycles. The molecule has 1 aliphatic rings. The molecular weight excluding hydrogens is 295 g/mol. The number of rotatable bonds is 5. The lowest BCUT2D eigenvalue weighted by Gasteiger charge is -2.10. The highest BCUT2D eigenvalue weighted by Crippen LogP contribution is 2.33. The summed E-state index contributed by atoms with van der Waals surface area (Å²) in [5, 5.41) is 6.88. The lowest BCUT2D eigenvalue weighted by atomic mass is 10.3. The van der Waals surface area contributed by atoms with E-state index in [2.05, 4.69) is 10.6 Å². The number of nitrogens with one attached hydrogen (secondary N) is 2. The number of hydrogen-bond acceptors (Lipinski definition) is 2. The topological polar surface area (TPSA) is 41.1 Å². The molecule has 0 unspecified atom stereocenters. The zero-order valence-corrected chi connectivity index (χ0v) is 11.9. The summed E-state index contributed by atoms with van der Waals surface area (Å²) in [6.07, 6.45) is 2.51.